The third kappa shape index (κ3) is 4.08. The Bertz CT molecular complexity index is 848. The van der Waals surface area contributed by atoms with Crippen molar-refractivity contribution < 1.29 is 14.3 Å². The Balaban J connectivity index is 2.23. The third-order valence-electron chi connectivity index (χ3n) is 4.80. The minimum atomic E-state index is -0.562. The van der Waals surface area contributed by atoms with Crippen molar-refractivity contribution in [3.05, 3.63) is 88.5 Å². The number of carbonyl (C=O) groups is 2. The van der Waals surface area contributed by atoms with Crippen molar-refractivity contribution in [3.63, 3.8) is 0 Å². The molecule has 3 rings (SSSR count). The first-order valence-electron chi connectivity index (χ1n) is 9.45. The first-order valence-corrected chi connectivity index (χ1v) is 9.45. The van der Waals surface area contributed by atoms with Crippen LogP contribution in [0.3, 0.4) is 0 Å². The molecule has 3 nitrogen and oxygen atoms in total. The van der Waals surface area contributed by atoms with Crippen LogP contribution in [-0.4, -0.2) is 11.9 Å². The molecule has 0 bridgehead atoms. The minimum Gasteiger partial charge on any atom is -0.386 e. The lowest BCUT2D eigenvalue weighted by Gasteiger charge is -2.12. The predicted molar refractivity (Wildman–Crippen MR) is 107 cm³/mol. The van der Waals surface area contributed by atoms with Gasteiger partial charge in [0.25, 0.3) is 0 Å². The Morgan fingerprint density at radius 1 is 0.778 bits per heavy atom. The summed E-state index contributed by atoms with van der Waals surface area (Å²) >= 11 is 0. The Hall–Kier alpha value is -2.94. The molecule has 2 aromatic rings. The molecule has 0 radical (unpaired) electrons. The van der Waals surface area contributed by atoms with Gasteiger partial charge in [0.05, 0.1) is 11.1 Å². The van der Waals surface area contributed by atoms with Gasteiger partial charge in [-0.3, -0.25) is 0 Å². The summed E-state index contributed by atoms with van der Waals surface area (Å²) in [6.07, 6.45) is 3.98. The number of carbonyl (C=O) groups excluding carboxylic acids is 2. The van der Waals surface area contributed by atoms with Gasteiger partial charge >= 0.3 is 11.9 Å². The van der Waals surface area contributed by atoms with Gasteiger partial charge in [-0.1, -0.05) is 86.0 Å². The SMILES string of the molecule is CCCCC/C(C)=C1\C(=O)OC(=O)C1=C(c1ccccc1)c1ccccc1. The van der Waals surface area contributed by atoms with E-state index < -0.39 is 11.9 Å². The molecule has 0 atom stereocenters. The van der Waals surface area contributed by atoms with Gasteiger partial charge < -0.3 is 4.74 Å². The fourth-order valence-corrected chi connectivity index (χ4v) is 3.44. The van der Waals surface area contributed by atoms with Crippen LogP contribution < -0.4 is 0 Å². The summed E-state index contributed by atoms with van der Waals surface area (Å²) in [5.41, 5.74) is 4.26. The molecule has 1 aliphatic heterocycles. The van der Waals surface area contributed by atoms with Crippen molar-refractivity contribution in [1.82, 2.24) is 0 Å². The zero-order valence-corrected chi connectivity index (χ0v) is 15.8. The van der Waals surface area contributed by atoms with Crippen molar-refractivity contribution in [2.24, 2.45) is 0 Å². The quantitative estimate of drug-likeness (QED) is 0.297. The monoisotopic (exact) mass is 360 g/mol. The van der Waals surface area contributed by atoms with Crippen LogP contribution in [-0.2, 0) is 14.3 Å². The largest absolute Gasteiger partial charge is 0.386 e. The van der Waals surface area contributed by atoms with E-state index in [-0.39, 0.29) is 0 Å². The van der Waals surface area contributed by atoms with Crippen molar-refractivity contribution in [3.8, 4) is 0 Å². The lowest BCUT2D eigenvalue weighted by atomic mass is 9.88. The third-order valence-corrected chi connectivity index (χ3v) is 4.80. The molecule has 0 amide bonds. The molecule has 1 aliphatic rings. The molecule has 0 spiro atoms. The highest BCUT2D eigenvalue weighted by molar-refractivity contribution is 6.23. The molecule has 27 heavy (non-hydrogen) atoms. The molecule has 0 N–H and O–H groups in total. The van der Waals surface area contributed by atoms with E-state index in [9.17, 15) is 9.59 Å². The molecule has 1 saturated heterocycles. The predicted octanol–water partition coefficient (Wildman–Crippen LogP) is 5.47. The average molecular weight is 360 g/mol. The zero-order chi connectivity index (χ0) is 19.2. The average Bonchev–Trinajstić information content (AvgIpc) is 2.98. The summed E-state index contributed by atoms with van der Waals surface area (Å²) in [5.74, 6) is -1.10. The first kappa shape index (κ1) is 18.8. The van der Waals surface area contributed by atoms with E-state index in [0.717, 1.165) is 48.0 Å². The smallest absolute Gasteiger partial charge is 0.347 e. The van der Waals surface area contributed by atoms with Gasteiger partial charge in [-0.25, -0.2) is 9.59 Å². The van der Waals surface area contributed by atoms with Gasteiger partial charge in [-0.05, 0) is 30.9 Å². The van der Waals surface area contributed by atoms with Crippen LogP contribution in [0.5, 0.6) is 0 Å². The molecular weight excluding hydrogens is 336 g/mol. The van der Waals surface area contributed by atoms with E-state index in [0.29, 0.717) is 11.1 Å². The number of unbranched alkanes of at least 4 members (excludes halogenated alkanes) is 2. The van der Waals surface area contributed by atoms with Crippen molar-refractivity contribution in [2.75, 3.05) is 0 Å². The second kappa shape index (κ2) is 8.63. The lowest BCUT2D eigenvalue weighted by molar-refractivity contribution is -0.149. The number of hydrogen-bond acceptors (Lipinski definition) is 3. The highest BCUT2D eigenvalue weighted by Gasteiger charge is 2.38. The van der Waals surface area contributed by atoms with Crippen molar-refractivity contribution >= 4 is 17.5 Å². The van der Waals surface area contributed by atoms with Gasteiger partial charge in [0.2, 0.25) is 0 Å². The molecular formula is C24H24O3. The Kier molecular flexibility index (Phi) is 6.02. The number of cyclic esters (lactones) is 2. The topological polar surface area (TPSA) is 43.4 Å². The Labute approximate surface area is 160 Å². The van der Waals surface area contributed by atoms with Gasteiger partial charge in [-0.15, -0.1) is 0 Å². The number of esters is 2. The van der Waals surface area contributed by atoms with Crippen LogP contribution in [0.2, 0.25) is 0 Å². The summed E-state index contributed by atoms with van der Waals surface area (Å²) in [6.45, 7) is 4.07. The van der Waals surface area contributed by atoms with E-state index >= 15 is 0 Å². The van der Waals surface area contributed by atoms with Crippen molar-refractivity contribution in [1.29, 1.82) is 0 Å². The Morgan fingerprint density at radius 2 is 1.30 bits per heavy atom. The maximum Gasteiger partial charge on any atom is 0.347 e. The molecule has 1 fully saturated rings. The van der Waals surface area contributed by atoms with E-state index in [1.807, 2.05) is 67.6 Å². The second-order valence-corrected chi connectivity index (χ2v) is 6.77. The van der Waals surface area contributed by atoms with Gasteiger partial charge in [-0.2, -0.15) is 0 Å². The molecule has 0 saturated carbocycles. The highest BCUT2D eigenvalue weighted by Crippen LogP contribution is 2.37. The van der Waals surface area contributed by atoms with Crippen LogP contribution in [0.1, 0.15) is 50.7 Å². The zero-order valence-electron chi connectivity index (χ0n) is 15.8. The molecule has 0 unspecified atom stereocenters. The number of ether oxygens (including phenoxy) is 1. The molecule has 3 heteroatoms. The van der Waals surface area contributed by atoms with Crippen LogP contribution in [0.15, 0.2) is 77.4 Å². The summed E-state index contributed by atoms with van der Waals surface area (Å²) in [4.78, 5) is 25.2. The molecule has 2 aromatic carbocycles. The summed E-state index contributed by atoms with van der Waals surface area (Å²) < 4.78 is 5.04. The van der Waals surface area contributed by atoms with Crippen LogP contribution in [0.25, 0.3) is 5.57 Å². The maximum atomic E-state index is 12.7. The standard InChI is InChI=1S/C24H24O3/c1-3-4-7-12-17(2)20-22(24(26)27-23(20)25)21(18-13-8-5-9-14-18)19-15-10-6-11-16-19/h5-6,8-11,13-16H,3-4,7,12H2,1-2H3/b20-17-. The Morgan fingerprint density at radius 3 is 1.81 bits per heavy atom. The molecule has 1 heterocycles. The minimum absolute atomic E-state index is 0.381. The summed E-state index contributed by atoms with van der Waals surface area (Å²) in [5, 5.41) is 0. The normalized spacial score (nSPS) is 15.7. The molecule has 138 valence electrons. The van der Waals surface area contributed by atoms with Crippen molar-refractivity contribution in [2.45, 2.75) is 39.5 Å². The maximum absolute atomic E-state index is 12.7. The summed E-state index contributed by atoms with van der Waals surface area (Å²) in [6, 6.07) is 19.4. The van der Waals surface area contributed by atoms with Crippen LogP contribution in [0, 0.1) is 0 Å². The van der Waals surface area contributed by atoms with E-state index in [1.54, 1.807) is 0 Å². The van der Waals surface area contributed by atoms with E-state index in [4.69, 9.17) is 4.74 Å². The second-order valence-electron chi connectivity index (χ2n) is 6.77. The van der Waals surface area contributed by atoms with Crippen LogP contribution in [0.4, 0.5) is 0 Å². The van der Waals surface area contributed by atoms with E-state index in [2.05, 4.69) is 6.92 Å². The van der Waals surface area contributed by atoms with Crippen LogP contribution >= 0.6 is 0 Å². The van der Waals surface area contributed by atoms with Gasteiger partial charge in [0, 0.05) is 5.57 Å². The molecule has 0 aliphatic carbocycles. The van der Waals surface area contributed by atoms with E-state index in [1.165, 1.54) is 0 Å². The van der Waals surface area contributed by atoms with Gasteiger partial charge in [0.1, 0.15) is 0 Å². The first-order chi connectivity index (χ1) is 13.1. The summed E-state index contributed by atoms with van der Waals surface area (Å²) in [7, 11) is 0. The molecule has 0 aromatic heterocycles. The number of rotatable bonds is 6. The lowest BCUT2D eigenvalue weighted by Crippen LogP contribution is -2.03. The highest BCUT2D eigenvalue weighted by atomic mass is 16.6. The number of hydrogen-bond donors (Lipinski definition) is 0. The number of benzene rings is 2. The number of allylic oxidation sites excluding steroid dienone is 1. The fraction of sp³-hybridized carbons (Fsp3) is 0.250. The fourth-order valence-electron chi connectivity index (χ4n) is 3.44. The van der Waals surface area contributed by atoms with Gasteiger partial charge in [0.15, 0.2) is 0 Å².